The number of fused-ring (bicyclic) bond motifs is 2. The van der Waals surface area contributed by atoms with Crippen molar-refractivity contribution in [2.24, 2.45) is 0 Å². The third kappa shape index (κ3) is 3.40. The molecule has 0 saturated heterocycles. The van der Waals surface area contributed by atoms with Crippen LogP contribution in [0.3, 0.4) is 0 Å². The van der Waals surface area contributed by atoms with Gasteiger partial charge in [-0.2, -0.15) is 4.98 Å². The van der Waals surface area contributed by atoms with Crippen molar-refractivity contribution in [2.45, 2.75) is 6.54 Å². The van der Waals surface area contributed by atoms with Gasteiger partial charge in [0.2, 0.25) is 11.1 Å². The molecular formula is C20H14BrN3O6. The van der Waals surface area contributed by atoms with E-state index in [1.807, 2.05) is 0 Å². The Balaban J connectivity index is 2.05. The Morgan fingerprint density at radius 2 is 1.93 bits per heavy atom. The number of methoxy groups -OCH3 is 1. The summed E-state index contributed by atoms with van der Waals surface area (Å²) in [6, 6.07) is 10.5. The lowest BCUT2D eigenvalue weighted by Gasteiger charge is -2.13. The number of non-ortho nitro benzene ring substituents is 1. The molecule has 0 N–H and O–H groups in total. The maximum Gasteiger partial charge on any atom is 0.269 e. The molecule has 0 radical (unpaired) electrons. The van der Waals surface area contributed by atoms with Gasteiger partial charge in [-0.05, 0) is 30.3 Å². The van der Waals surface area contributed by atoms with Crippen LogP contribution >= 0.6 is 15.9 Å². The Hall–Kier alpha value is -3.37. The van der Waals surface area contributed by atoms with E-state index < -0.39 is 15.9 Å². The summed E-state index contributed by atoms with van der Waals surface area (Å²) < 4.78 is 12.8. The zero-order chi connectivity index (χ0) is 21.4. The van der Waals surface area contributed by atoms with E-state index in [1.54, 1.807) is 18.2 Å². The fourth-order valence-corrected chi connectivity index (χ4v) is 3.51. The summed E-state index contributed by atoms with van der Waals surface area (Å²) in [6.07, 6.45) is 0. The Labute approximate surface area is 176 Å². The van der Waals surface area contributed by atoms with Crippen LogP contribution in [-0.2, 0) is 11.3 Å². The molecule has 0 aliphatic rings. The molecule has 2 aromatic heterocycles. The van der Waals surface area contributed by atoms with Gasteiger partial charge in [-0.1, -0.05) is 15.9 Å². The average molecular weight is 472 g/mol. The summed E-state index contributed by atoms with van der Waals surface area (Å²) >= 11 is 3.31. The second kappa shape index (κ2) is 7.81. The van der Waals surface area contributed by atoms with E-state index in [4.69, 9.17) is 9.15 Å². The fourth-order valence-electron chi connectivity index (χ4n) is 3.15. The minimum Gasteiger partial charge on any atom is -0.437 e. The van der Waals surface area contributed by atoms with Crippen LogP contribution in [-0.4, -0.2) is 28.2 Å². The van der Waals surface area contributed by atoms with E-state index in [0.717, 1.165) is 0 Å². The molecule has 0 unspecified atom stereocenters. The Morgan fingerprint density at radius 3 is 2.60 bits per heavy atom. The van der Waals surface area contributed by atoms with Crippen LogP contribution in [0, 0.1) is 10.1 Å². The van der Waals surface area contributed by atoms with Crippen LogP contribution in [0.2, 0.25) is 0 Å². The number of hydrogen-bond acceptors (Lipinski definition) is 7. The monoisotopic (exact) mass is 471 g/mol. The molecule has 0 aliphatic carbocycles. The molecule has 2 heterocycles. The predicted molar refractivity (Wildman–Crippen MR) is 114 cm³/mol. The van der Waals surface area contributed by atoms with Crippen molar-refractivity contribution in [3.8, 4) is 11.4 Å². The molecule has 0 saturated carbocycles. The molecule has 0 bridgehead atoms. The summed E-state index contributed by atoms with van der Waals surface area (Å²) in [4.78, 5) is 41.1. The SMILES string of the molecule is COCCn1c(-c2ccc([N+](=O)[O-])cc2)nc2oc3ccc(Br)cc3c(=O)c2c1=O. The average Bonchev–Trinajstić information content (AvgIpc) is 2.73. The molecule has 0 atom stereocenters. The zero-order valence-corrected chi connectivity index (χ0v) is 17.2. The number of rotatable bonds is 5. The molecule has 0 spiro atoms. The minimum absolute atomic E-state index is 0.0894. The third-order valence-electron chi connectivity index (χ3n) is 4.61. The standard InChI is InChI=1S/C20H14BrN3O6/c1-29-9-8-23-18(11-2-5-13(6-3-11)24(27)28)22-19-16(20(23)26)17(25)14-10-12(21)4-7-15(14)30-19/h2-7,10H,8-9H2,1H3. The summed E-state index contributed by atoms with van der Waals surface area (Å²) in [5.41, 5.74) is -0.469. The first-order valence-electron chi connectivity index (χ1n) is 8.81. The van der Waals surface area contributed by atoms with Gasteiger partial charge in [0, 0.05) is 29.3 Å². The largest absolute Gasteiger partial charge is 0.437 e. The summed E-state index contributed by atoms with van der Waals surface area (Å²) in [5.74, 6) is 0.221. The van der Waals surface area contributed by atoms with Crippen LogP contribution in [0.4, 0.5) is 5.69 Å². The second-order valence-corrected chi connectivity index (χ2v) is 7.36. The molecule has 4 rings (SSSR count). The molecular weight excluding hydrogens is 458 g/mol. The van der Waals surface area contributed by atoms with Crippen LogP contribution < -0.4 is 11.0 Å². The second-order valence-electron chi connectivity index (χ2n) is 6.44. The lowest BCUT2D eigenvalue weighted by Crippen LogP contribution is -2.29. The van der Waals surface area contributed by atoms with Crippen molar-refractivity contribution in [3.05, 3.63) is 77.6 Å². The van der Waals surface area contributed by atoms with Gasteiger partial charge in [0.05, 0.1) is 23.5 Å². The Kier molecular flexibility index (Phi) is 5.18. The van der Waals surface area contributed by atoms with E-state index in [-0.39, 0.29) is 41.1 Å². The first-order valence-corrected chi connectivity index (χ1v) is 9.60. The smallest absolute Gasteiger partial charge is 0.269 e. The van der Waals surface area contributed by atoms with Gasteiger partial charge in [-0.15, -0.1) is 0 Å². The molecule has 0 fully saturated rings. The topological polar surface area (TPSA) is 117 Å². The third-order valence-corrected chi connectivity index (χ3v) is 5.10. The van der Waals surface area contributed by atoms with E-state index in [0.29, 0.717) is 15.6 Å². The highest BCUT2D eigenvalue weighted by Gasteiger charge is 2.19. The van der Waals surface area contributed by atoms with Crippen LogP contribution in [0.5, 0.6) is 0 Å². The van der Waals surface area contributed by atoms with Gasteiger partial charge in [0.25, 0.3) is 11.2 Å². The number of benzene rings is 2. The minimum atomic E-state index is -0.568. The maximum atomic E-state index is 13.2. The van der Waals surface area contributed by atoms with Gasteiger partial charge in [0.15, 0.2) is 5.39 Å². The number of ether oxygens (including phenoxy) is 1. The molecule has 30 heavy (non-hydrogen) atoms. The lowest BCUT2D eigenvalue weighted by atomic mass is 10.1. The highest BCUT2D eigenvalue weighted by molar-refractivity contribution is 9.10. The quantitative estimate of drug-likeness (QED) is 0.248. The van der Waals surface area contributed by atoms with Gasteiger partial charge < -0.3 is 9.15 Å². The van der Waals surface area contributed by atoms with E-state index >= 15 is 0 Å². The van der Waals surface area contributed by atoms with E-state index in [9.17, 15) is 19.7 Å². The van der Waals surface area contributed by atoms with Crippen molar-refractivity contribution >= 4 is 43.7 Å². The number of nitro groups is 1. The molecule has 2 aromatic carbocycles. The molecule has 0 amide bonds. The highest BCUT2D eigenvalue weighted by Crippen LogP contribution is 2.24. The molecule has 10 heteroatoms. The van der Waals surface area contributed by atoms with Crippen molar-refractivity contribution in [1.29, 1.82) is 0 Å². The molecule has 9 nitrogen and oxygen atoms in total. The number of nitrogens with zero attached hydrogens (tertiary/aromatic N) is 3. The number of hydrogen-bond donors (Lipinski definition) is 0. The summed E-state index contributed by atoms with van der Waals surface area (Å²) in [6.45, 7) is 0.345. The zero-order valence-electron chi connectivity index (χ0n) is 15.6. The van der Waals surface area contributed by atoms with Crippen LogP contribution in [0.25, 0.3) is 33.5 Å². The first-order chi connectivity index (χ1) is 14.4. The normalized spacial score (nSPS) is 11.3. The van der Waals surface area contributed by atoms with Crippen LogP contribution in [0.15, 0.2) is 60.9 Å². The number of aromatic nitrogens is 2. The fraction of sp³-hybridized carbons (Fsp3) is 0.150. The molecule has 4 aromatic rings. The maximum absolute atomic E-state index is 13.2. The predicted octanol–water partition coefficient (Wildman–Crippen LogP) is 3.49. The number of nitro benzene ring substituents is 1. The molecule has 152 valence electrons. The van der Waals surface area contributed by atoms with Crippen molar-refractivity contribution in [2.75, 3.05) is 13.7 Å². The summed E-state index contributed by atoms with van der Waals surface area (Å²) in [5, 5.41) is 11.0. The van der Waals surface area contributed by atoms with Gasteiger partial charge in [-0.3, -0.25) is 24.3 Å². The summed E-state index contributed by atoms with van der Waals surface area (Å²) in [7, 11) is 1.49. The van der Waals surface area contributed by atoms with Gasteiger partial charge >= 0.3 is 0 Å². The van der Waals surface area contributed by atoms with Gasteiger partial charge in [0.1, 0.15) is 11.4 Å². The Morgan fingerprint density at radius 1 is 1.20 bits per heavy atom. The lowest BCUT2D eigenvalue weighted by molar-refractivity contribution is -0.384. The van der Waals surface area contributed by atoms with Gasteiger partial charge in [-0.25, -0.2) is 0 Å². The van der Waals surface area contributed by atoms with Crippen molar-refractivity contribution in [3.63, 3.8) is 0 Å². The van der Waals surface area contributed by atoms with E-state index in [2.05, 4.69) is 20.9 Å². The first kappa shape index (κ1) is 19.9. The van der Waals surface area contributed by atoms with Crippen LogP contribution in [0.1, 0.15) is 0 Å². The molecule has 0 aliphatic heterocycles. The van der Waals surface area contributed by atoms with E-state index in [1.165, 1.54) is 35.9 Å². The Bertz CT molecular complexity index is 1410. The van der Waals surface area contributed by atoms with Crippen molar-refractivity contribution in [1.82, 2.24) is 9.55 Å². The number of halogens is 1. The van der Waals surface area contributed by atoms with Crippen molar-refractivity contribution < 1.29 is 14.1 Å². The highest BCUT2D eigenvalue weighted by atomic mass is 79.9.